The molecule has 0 fully saturated rings. The van der Waals surface area contributed by atoms with Gasteiger partial charge in [-0.25, -0.2) is 9.79 Å². The molecule has 0 saturated carbocycles. The Morgan fingerprint density at radius 3 is 2.23 bits per heavy atom. The second-order valence-corrected chi connectivity index (χ2v) is 10.5. The molecule has 2 heterocycles. The summed E-state index contributed by atoms with van der Waals surface area (Å²) in [6.07, 6.45) is 1.75. The quantitative estimate of drug-likeness (QED) is 0.273. The van der Waals surface area contributed by atoms with Crippen molar-refractivity contribution in [3.63, 3.8) is 0 Å². The minimum absolute atomic E-state index is 0.0939. The zero-order valence-electron chi connectivity index (χ0n) is 23.8. The second-order valence-electron chi connectivity index (χ2n) is 9.49. The maximum Gasteiger partial charge on any atom is 0.338 e. The average Bonchev–Trinajstić information content (AvgIpc) is 3.25. The van der Waals surface area contributed by atoms with Crippen LogP contribution in [0.3, 0.4) is 0 Å². The van der Waals surface area contributed by atoms with E-state index in [4.69, 9.17) is 23.7 Å². The van der Waals surface area contributed by atoms with Gasteiger partial charge in [-0.1, -0.05) is 49.4 Å². The highest BCUT2D eigenvalue weighted by Crippen LogP contribution is 2.38. The fourth-order valence-electron chi connectivity index (χ4n) is 4.59. The van der Waals surface area contributed by atoms with E-state index in [1.54, 1.807) is 29.7 Å². The van der Waals surface area contributed by atoms with Crippen LogP contribution in [0.1, 0.15) is 49.4 Å². The first-order chi connectivity index (χ1) is 19.2. The summed E-state index contributed by atoms with van der Waals surface area (Å²) in [5, 5.41) is 0. The summed E-state index contributed by atoms with van der Waals surface area (Å²) >= 11 is 1.25. The molecule has 1 aromatic heterocycles. The van der Waals surface area contributed by atoms with Crippen molar-refractivity contribution in [2.24, 2.45) is 4.99 Å². The van der Waals surface area contributed by atoms with E-state index < -0.39 is 12.0 Å². The van der Waals surface area contributed by atoms with Crippen molar-refractivity contribution in [3.05, 3.63) is 84.0 Å². The molecule has 1 aliphatic rings. The molecular formula is C30H34N2O7S. The zero-order chi connectivity index (χ0) is 29.0. The molecule has 40 heavy (non-hydrogen) atoms. The summed E-state index contributed by atoms with van der Waals surface area (Å²) in [5.41, 5.74) is 3.18. The van der Waals surface area contributed by atoms with E-state index >= 15 is 0 Å². The SMILES string of the molecule is COCCOC(=O)C1=C(C)N=c2sc(=Cc3cc(OC)c(OC)c(OC)c3)c(=O)n2C1c1ccc(C(C)C)cc1. The third-order valence-electron chi connectivity index (χ3n) is 6.67. The average molecular weight is 567 g/mol. The minimum Gasteiger partial charge on any atom is -0.493 e. The minimum atomic E-state index is -0.699. The standard InChI is InChI=1S/C30H34N2O7S/c1-17(2)20-8-10-21(11-9-20)26-25(29(34)39-13-12-35-4)18(3)31-30-32(26)28(33)24(40-30)16-19-14-22(36-5)27(38-7)23(15-19)37-6/h8-11,14-17,26H,12-13H2,1-7H3. The van der Waals surface area contributed by atoms with E-state index in [0.717, 1.165) is 11.1 Å². The van der Waals surface area contributed by atoms with E-state index in [1.165, 1.54) is 39.8 Å². The van der Waals surface area contributed by atoms with E-state index in [1.807, 2.05) is 24.3 Å². The van der Waals surface area contributed by atoms with Gasteiger partial charge in [0.15, 0.2) is 16.3 Å². The number of allylic oxidation sites excluding steroid dienone is 1. The number of benzene rings is 2. The van der Waals surface area contributed by atoms with Crippen LogP contribution in [0.25, 0.3) is 6.08 Å². The Morgan fingerprint density at radius 2 is 1.68 bits per heavy atom. The number of nitrogens with zero attached hydrogens (tertiary/aromatic N) is 2. The number of esters is 1. The summed E-state index contributed by atoms with van der Waals surface area (Å²) < 4.78 is 28.9. The first-order valence-corrected chi connectivity index (χ1v) is 13.6. The van der Waals surface area contributed by atoms with Crippen LogP contribution in [0.5, 0.6) is 17.2 Å². The van der Waals surface area contributed by atoms with Gasteiger partial charge in [0, 0.05) is 7.11 Å². The van der Waals surface area contributed by atoms with Gasteiger partial charge >= 0.3 is 5.97 Å². The molecule has 1 atom stereocenters. The third kappa shape index (κ3) is 5.68. The van der Waals surface area contributed by atoms with Gasteiger partial charge in [0.2, 0.25) is 5.75 Å². The second kappa shape index (κ2) is 12.5. The zero-order valence-corrected chi connectivity index (χ0v) is 24.6. The fourth-order valence-corrected chi connectivity index (χ4v) is 5.64. The molecule has 0 bridgehead atoms. The van der Waals surface area contributed by atoms with Gasteiger partial charge in [-0.3, -0.25) is 9.36 Å². The lowest BCUT2D eigenvalue weighted by molar-refractivity contribution is -0.140. The topological polar surface area (TPSA) is 97.6 Å². The summed E-state index contributed by atoms with van der Waals surface area (Å²) in [6.45, 7) is 6.35. The number of hydrogen-bond donors (Lipinski definition) is 0. The smallest absolute Gasteiger partial charge is 0.338 e. The largest absolute Gasteiger partial charge is 0.493 e. The number of hydrogen-bond acceptors (Lipinski definition) is 9. The van der Waals surface area contributed by atoms with Crippen LogP contribution in [0, 0.1) is 0 Å². The number of rotatable bonds is 10. The molecule has 0 amide bonds. The van der Waals surface area contributed by atoms with Crippen LogP contribution in [-0.4, -0.2) is 52.2 Å². The van der Waals surface area contributed by atoms with Crippen LogP contribution < -0.4 is 29.1 Å². The maximum absolute atomic E-state index is 13.9. The van der Waals surface area contributed by atoms with Crippen molar-refractivity contribution in [1.29, 1.82) is 0 Å². The Balaban J connectivity index is 1.90. The van der Waals surface area contributed by atoms with Crippen molar-refractivity contribution < 1.29 is 28.5 Å². The van der Waals surface area contributed by atoms with E-state index in [0.29, 0.717) is 49.3 Å². The van der Waals surface area contributed by atoms with Crippen LogP contribution in [0.4, 0.5) is 0 Å². The monoisotopic (exact) mass is 566 g/mol. The first kappa shape index (κ1) is 29.1. The Bertz CT molecular complexity index is 1580. The van der Waals surface area contributed by atoms with Crippen molar-refractivity contribution in [3.8, 4) is 17.2 Å². The molecule has 4 rings (SSSR count). The predicted molar refractivity (Wildman–Crippen MR) is 153 cm³/mol. The Hall–Kier alpha value is -3.89. The molecule has 2 aromatic carbocycles. The molecular weight excluding hydrogens is 532 g/mol. The number of thiazole rings is 1. The van der Waals surface area contributed by atoms with Crippen LogP contribution in [-0.2, 0) is 14.3 Å². The highest BCUT2D eigenvalue weighted by molar-refractivity contribution is 7.07. The number of aromatic nitrogens is 1. The number of methoxy groups -OCH3 is 4. The lowest BCUT2D eigenvalue weighted by Crippen LogP contribution is -2.40. The molecule has 212 valence electrons. The molecule has 9 nitrogen and oxygen atoms in total. The Morgan fingerprint density at radius 1 is 1.02 bits per heavy atom. The van der Waals surface area contributed by atoms with Crippen molar-refractivity contribution in [2.75, 3.05) is 41.7 Å². The summed E-state index contributed by atoms with van der Waals surface area (Å²) in [6, 6.07) is 10.8. The van der Waals surface area contributed by atoms with Crippen LogP contribution >= 0.6 is 11.3 Å². The van der Waals surface area contributed by atoms with E-state index in [2.05, 4.69) is 18.8 Å². The molecule has 0 spiro atoms. The molecule has 0 saturated heterocycles. The highest BCUT2D eigenvalue weighted by atomic mass is 32.1. The van der Waals surface area contributed by atoms with Gasteiger partial charge in [-0.05, 0) is 47.7 Å². The van der Waals surface area contributed by atoms with Crippen molar-refractivity contribution in [2.45, 2.75) is 32.7 Å². The molecule has 10 heteroatoms. The maximum atomic E-state index is 13.9. The number of carbonyl (C=O) groups excluding carboxylic acids is 1. The number of fused-ring (bicyclic) bond motifs is 1. The van der Waals surface area contributed by atoms with E-state index in [9.17, 15) is 9.59 Å². The molecule has 3 aromatic rings. The van der Waals surface area contributed by atoms with Crippen LogP contribution in [0.15, 0.2) is 57.5 Å². The number of carbonyl (C=O) groups is 1. The predicted octanol–water partition coefficient (Wildman–Crippen LogP) is 3.57. The summed E-state index contributed by atoms with van der Waals surface area (Å²) in [5.74, 6) is 1.21. The normalized spacial score (nSPS) is 15.1. The number of ether oxygens (including phenoxy) is 5. The molecule has 1 unspecified atom stereocenters. The third-order valence-corrected chi connectivity index (χ3v) is 7.65. The molecule has 0 radical (unpaired) electrons. The summed E-state index contributed by atoms with van der Waals surface area (Å²) in [4.78, 5) is 32.4. The van der Waals surface area contributed by atoms with Crippen molar-refractivity contribution >= 4 is 23.4 Å². The van der Waals surface area contributed by atoms with Gasteiger partial charge in [0.05, 0.1) is 49.8 Å². The molecule has 1 aliphatic heterocycles. The van der Waals surface area contributed by atoms with Gasteiger partial charge < -0.3 is 23.7 Å². The Labute approximate surface area is 236 Å². The fraction of sp³-hybridized carbons (Fsp3) is 0.367. The van der Waals surface area contributed by atoms with Gasteiger partial charge in [0.25, 0.3) is 5.56 Å². The lowest BCUT2D eigenvalue weighted by Gasteiger charge is -2.25. The van der Waals surface area contributed by atoms with Gasteiger partial charge in [-0.2, -0.15) is 0 Å². The lowest BCUT2D eigenvalue weighted by atomic mass is 9.93. The summed E-state index contributed by atoms with van der Waals surface area (Å²) in [7, 11) is 6.15. The highest BCUT2D eigenvalue weighted by Gasteiger charge is 2.33. The first-order valence-electron chi connectivity index (χ1n) is 12.8. The van der Waals surface area contributed by atoms with Crippen LogP contribution in [0.2, 0.25) is 0 Å². The molecule has 0 aliphatic carbocycles. The van der Waals surface area contributed by atoms with Gasteiger partial charge in [0.1, 0.15) is 6.61 Å². The van der Waals surface area contributed by atoms with Gasteiger partial charge in [-0.15, -0.1) is 0 Å². The van der Waals surface area contributed by atoms with Crippen molar-refractivity contribution in [1.82, 2.24) is 4.57 Å². The van der Waals surface area contributed by atoms with E-state index in [-0.39, 0.29) is 18.8 Å². The molecule has 0 N–H and O–H groups in total. The Kier molecular flexibility index (Phi) is 9.11.